The Morgan fingerprint density at radius 1 is 1.43 bits per heavy atom. The summed E-state index contributed by atoms with van der Waals surface area (Å²) in [5, 5.41) is 12.0. The third kappa shape index (κ3) is 5.94. The van der Waals surface area contributed by atoms with Gasteiger partial charge in [0.15, 0.2) is 0 Å². The summed E-state index contributed by atoms with van der Waals surface area (Å²) in [7, 11) is 0. The highest BCUT2D eigenvalue weighted by Crippen LogP contribution is 2.26. The molecule has 1 aliphatic rings. The third-order valence-electron chi connectivity index (χ3n) is 4.37. The van der Waals surface area contributed by atoms with E-state index in [9.17, 15) is 9.59 Å². The van der Waals surface area contributed by atoms with E-state index in [1.165, 1.54) is 0 Å². The molecule has 1 rings (SSSR count). The van der Waals surface area contributed by atoms with Gasteiger partial charge in [0, 0.05) is 25.0 Å². The summed E-state index contributed by atoms with van der Waals surface area (Å²) in [6.45, 7) is 9.61. The van der Waals surface area contributed by atoms with Crippen molar-refractivity contribution in [3.63, 3.8) is 0 Å². The number of aliphatic carboxylic acids is 1. The molecule has 0 radical (unpaired) electrons. The summed E-state index contributed by atoms with van der Waals surface area (Å²) >= 11 is 0. The molecule has 122 valence electrons. The number of rotatable bonds is 6. The summed E-state index contributed by atoms with van der Waals surface area (Å²) in [6, 6.07) is -0.0133. The number of urea groups is 1. The highest BCUT2D eigenvalue weighted by molar-refractivity contribution is 5.75. The summed E-state index contributed by atoms with van der Waals surface area (Å²) in [4.78, 5) is 25.1. The monoisotopic (exact) mass is 298 g/mol. The number of carbonyl (C=O) groups is 2. The van der Waals surface area contributed by atoms with E-state index in [2.05, 4.69) is 12.2 Å². The molecule has 2 amide bonds. The van der Waals surface area contributed by atoms with Gasteiger partial charge in [-0.05, 0) is 44.9 Å². The molecule has 0 aromatic heterocycles. The fourth-order valence-electron chi connectivity index (χ4n) is 3.16. The van der Waals surface area contributed by atoms with Gasteiger partial charge in [-0.1, -0.05) is 20.3 Å². The standard InChI is InChI=1S/C16H30N2O3/c1-5-8-16(3,4)17-15(21)18-9-6-7-13(11-18)12(2)10-14(19)20/h12-13H,5-11H2,1-4H3,(H,17,21)(H,19,20). The molecule has 5 heteroatoms. The maximum Gasteiger partial charge on any atom is 0.317 e. The van der Waals surface area contributed by atoms with E-state index in [1.807, 2.05) is 25.7 Å². The topological polar surface area (TPSA) is 69.6 Å². The van der Waals surface area contributed by atoms with Crippen LogP contribution in [0.4, 0.5) is 4.79 Å². The molecule has 0 aromatic rings. The summed E-state index contributed by atoms with van der Waals surface area (Å²) in [6.07, 6.45) is 4.13. The Labute approximate surface area is 128 Å². The lowest BCUT2D eigenvalue weighted by atomic mass is 9.85. The van der Waals surface area contributed by atoms with Gasteiger partial charge in [0.25, 0.3) is 0 Å². The van der Waals surface area contributed by atoms with Gasteiger partial charge in [-0.15, -0.1) is 0 Å². The number of nitrogens with zero attached hydrogens (tertiary/aromatic N) is 1. The first kappa shape index (κ1) is 17.8. The average molecular weight is 298 g/mol. The summed E-state index contributed by atoms with van der Waals surface area (Å²) < 4.78 is 0. The smallest absolute Gasteiger partial charge is 0.317 e. The Hall–Kier alpha value is -1.26. The third-order valence-corrected chi connectivity index (χ3v) is 4.37. The average Bonchev–Trinajstić information content (AvgIpc) is 2.37. The molecule has 1 aliphatic heterocycles. The normalized spacial score (nSPS) is 21.0. The van der Waals surface area contributed by atoms with Crippen LogP contribution in [0.15, 0.2) is 0 Å². The van der Waals surface area contributed by atoms with Crippen molar-refractivity contribution in [3.05, 3.63) is 0 Å². The Balaban J connectivity index is 2.55. The van der Waals surface area contributed by atoms with Gasteiger partial charge in [-0.2, -0.15) is 0 Å². The van der Waals surface area contributed by atoms with E-state index in [0.717, 1.165) is 32.2 Å². The second-order valence-electron chi connectivity index (χ2n) is 6.99. The molecule has 0 bridgehead atoms. The Morgan fingerprint density at radius 2 is 2.10 bits per heavy atom. The van der Waals surface area contributed by atoms with Gasteiger partial charge >= 0.3 is 12.0 Å². The SMILES string of the molecule is CCCC(C)(C)NC(=O)N1CCCC(C(C)CC(=O)O)C1. The number of carbonyl (C=O) groups excluding carboxylic acids is 1. The number of carboxylic acids is 1. The number of hydrogen-bond acceptors (Lipinski definition) is 2. The molecule has 2 N–H and O–H groups in total. The first-order chi connectivity index (χ1) is 9.75. The van der Waals surface area contributed by atoms with Crippen molar-refractivity contribution in [2.45, 2.75) is 65.3 Å². The van der Waals surface area contributed by atoms with Crippen LogP contribution in [-0.4, -0.2) is 40.6 Å². The molecule has 1 heterocycles. The number of carboxylic acid groups (broad SMARTS) is 1. The molecule has 21 heavy (non-hydrogen) atoms. The van der Waals surface area contributed by atoms with Crippen molar-refractivity contribution >= 4 is 12.0 Å². The van der Waals surface area contributed by atoms with E-state index in [1.54, 1.807) is 0 Å². The van der Waals surface area contributed by atoms with Gasteiger partial charge in [-0.3, -0.25) is 4.79 Å². The zero-order valence-corrected chi connectivity index (χ0v) is 13.8. The van der Waals surface area contributed by atoms with Crippen LogP contribution in [-0.2, 0) is 4.79 Å². The lowest BCUT2D eigenvalue weighted by Gasteiger charge is -2.37. The second kappa shape index (κ2) is 7.66. The zero-order chi connectivity index (χ0) is 16.0. The molecule has 0 aromatic carbocycles. The van der Waals surface area contributed by atoms with Crippen LogP contribution >= 0.6 is 0 Å². The van der Waals surface area contributed by atoms with Crippen LogP contribution in [0.5, 0.6) is 0 Å². The molecule has 1 fully saturated rings. The zero-order valence-electron chi connectivity index (χ0n) is 13.8. The highest BCUT2D eigenvalue weighted by Gasteiger charge is 2.30. The van der Waals surface area contributed by atoms with E-state index in [0.29, 0.717) is 6.54 Å². The maximum atomic E-state index is 12.4. The number of nitrogens with one attached hydrogen (secondary N) is 1. The Bertz CT molecular complexity index is 369. The van der Waals surface area contributed by atoms with Gasteiger partial charge < -0.3 is 15.3 Å². The lowest BCUT2D eigenvalue weighted by molar-refractivity contribution is -0.138. The Kier molecular flexibility index (Phi) is 6.49. The predicted molar refractivity (Wildman–Crippen MR) is 83.2 cm³/mol. The van der Waals surface area contributed by atoms with Gasteiger partial charge in [-0.25, -0.2) is 4.79 Å². The first-order valence-electron chi connectivity index (χ1n) is 8.04. The molecule has 0 spiro atoms. The molecular formula is C16H30N2O3. The number of piperidine rings is 1. The van der Waals surface area contributed by atoms with Gasteiger partial charge in [0.05, 0.1) is 0 Å². The lowest BCUT2D eigenvalue weighted by Crippen LogP contribution is -2.53. The van der Waals surface area contributed by atoms with Crippen molar-refractivity contribution in [3.8, 4) is 0 Å². The van der Waals surface area contributed by atoms with Crippen LogP contribution in [0.25, 0.3) is 0 Å². The molecule has 1 saturated heterocycles. The van der Waals surface area contributed by atoms with E-state index < -0.39 is 5.97 Å². The number of hydrogen-bond donors (Lipinski definition) is 2. The van der Waals surface area contributed by atoms with Crippen LogP contribution in [0.3, 0.4) is 0 Å². The van der Waals surface area contributed by atoms with Crippen molar-refractivity contribution in [2.24, 2.45) is 11.8 Å². The number of amides is 2. The minimum absolute atomic E-state index is 0.0133. The van der Waals surface area contributed by atoms with E-state index in [-0.39, 0.29) is 29.8 Å². The predicted octanol–water partition coefficient (Wildman–Crippen LogP) is 3.10. The van der Waals surface area contributed by atoms with Crippen molar-refractivity contribution in [1.29, 1.82) is 0 Å². The van der Waals surface area contributed by atoms with Crippen LogP contribution in [0, 0.1) is 11.8 Å². The minimum atomic E-state index is -0.756. The van der Waals surface area contributed by atoms with Crippen LogP contribution < -0.4 is 5.32 Å². The van der Waals surface area contributed by atoms with E-state index in [4.69, 9.17) is 5.11 Å². The number of likely N-dealkylation sites (tertiary alicyclic amines) is 1. The summed E-state index contributed by atoms with van der Waals surface area (Å²) in [5.41, 5.74) is -0.189. The van der Waals surface area contributed by atoms with Crippen molar-refractivity contribution in [2.75, 3.05) is 13.1 Å². The van der Waals surface area contributed by atoms with Crippen molar-refractivity contribution < 1.29 is 14.7 Å². The Morgan fingerprint density at radius 3 is 2.67 bits per heavy atom. The molecule has 0 saturated carbocycles. The van der Waals surface area contributed by atoms with Gasteiger partial charge in [0.2, 0.25) is 0 Å². The van der Waals surface area contributed by atoms with Crippen LogP contribution in [0.1, 0.15) is 59.8 Å². The molecular weight excluding hydrogens is 268 g/mol. The van der Waals surface area contributed by atoms with Crippen LogP contribution in [0.2, 0.25) is 0 Å². The molecule has 5 nitrogen and oxygen atoms in total. The largest absolute Gasteiger partial charge is 0.481 e. The molecule has 2 unspecified atom stereocenters. The van der Waals surface area contributed by atoms with E-state index >= 15 is 0 Å². The van der Waals surface area contributed by atoms with Gasteiger partial charge in [0.1, 0.15) is 0 Å². The minimum Gasteiger partial charge on any atom is -0.481 e. The first-order valence-corrected chi connectivity index (χ1v) is 8.04. The highest BCUT2D eigenvalue weighted by atomic mass is 16.4. The maximum absolute atomic E-state index is 12.4. The summed E-state index contributed by atoms with van der Waals surface area (Å²) in [5.74, 6) is -0.357. The molecule has 0 aliphatic carbocycles. The second-order valence-corrected chi connectivity index (χ2v) is 6.99. The fourth-order valence-corrected chi connectivity index (χ4v) is 3.16. The quantitative estimate of drug-likeness (QED) is 0.791. The molecule has 2 atom stereocenters. The van der Waals surface area contributed by atoms with Crippen molar-refractivity contribution in [1.82, 2.24) is 10.2 Å². The fraction of sp³-hybridized carbons (Fsp3) is 0.875.